The van der Waals surface area contributed by atoms with Gasteiger partial charge in [-0.1, -0.05) is 30.3 Å². The summed E-state index contributed by atoms with van der Waals surface area (Å²) >= 11 is 0. The van der Waals surface area contributed by atoms with Crippen molar-refractivity contribution in [2.45, 2.75) is 20.5 Å². The van der Waals surface area contributed by atoms with Gasteiger partial charge in [0.25, 0.3) is 0 Å². The van der Waals surface area contributed by atoms with Crippen LogP contribution >= 0.6 is 0 Å². The Balaban J connectivity index is 1.71. The number of carbonyl (C=O) groups excluding carboxylic acids is 1. The van der Waals surface area contributed by atoms with Gasteiger partial charge in [-0.05, 0) is 60.5 Å². The normalized spacial score (nSPS) is 10.6. The van der Waals surface area contributed by atoms with Gasteiger partial charge in [0.15, 0.2) is 5.78 Å². The number of carbonyl (C=O) groups is 1. The molecule has 0 aliphatic rings. The maximum atomic E-state index is 11.4. The minimum absolute atomic E-state index is 0.0766. The molecule has 0 fully saturated rings. The van der Waals surface area contributed by atoms with Crippen LogP contribution < -0.4 is 9.47 Å². The molecular formula is C21H20O3. The van der Waals surface area contributed by atoms with E-state index in [1.54, 1.807) is 6.92 Å². The van der Waals surface area contributed by atoms with Crippen LogP contribution in [0.1, 0.15) is 29.8 Å². The summed E-state index contributed by atoms with van der Waals surface area (Å²) < 4.78 is 11.3. The number of hydrogen-bond acceptors (Lipinski definition) is 3. The molecule has 0 aliphatic carbocycles. The average Bonchev–Trinajstić information content (AvgIpc) is 2.60. The minimum atomic E-state index is 0.0766. The van der Waals surface area contributed by atoms with E-state index in [-0.39, 0.29) is 5.78 Å². The van der Waals surface area contributed by atoms with E-state index in [1.807, 2.05) is 67.6 Å². The highest BCUT2D eigenvalue weighted by Crippen LogP contribution is 2.23. The Morgan fingerprint density at radius 3 is 2.21 bits per heavy atom. The Kier molecular flexibility index (Phi) is 4.80. The lowest BCUT2D eigenvalue weighted by atomic mass is 10.0. The van der Waals surface area contributed by atoms with Gasteiger partial charge in [-0.2, -0.15) is 0 Å². The van der Waals surface area contributed by atoms with E-state index < -0.39 is 0 Å². The van der Waals surface area contributed by atoms with Crippen molar-refractivity contribution in [2.75, 3.05) is 6.61 Å². The van der Waals surface area contributed by atoms with Crippen LogP contribution in [0.25, 0.3) is 10.8 Å². The molecule has 0 aromatic heterocycles. The first kappa shape index (κ1) is 16.1. The van der Waals surface area contributed by atoms with E-state index in [1.165, 1.54) is 0 Å². The number of hydrogen-bond donors (Lipinski definition) is 0. The molecule has 0 radical (unpaired) electrons. The molecule has 0 heterocycles. The van der Waals surface area contributed by atoms with Gasteiger partial charge in [-0.3, -0.25) is 4.79 Å². The highest BCUT2D eigenvalue weighted by molar-refractivity contribution is 5.98. The van der Waals surface area contributed by atoms with Crippen LogP contribution in [0.4, 0.5) is 0 Å². The van der Waals surface area contributed by atoms with Crippen LogP contribution in [0.15, 0.2) is 60.7 Å². The topological polar surface area (TPSA) is 35.5 Å². The molecule has 0 bridgehead atoms. The quantitative estimate of drug-likeness (QED) is 0.598. The van der Waals surface area contributed by atoms with Crippen LogP contribution in [-0.2, 0) is 6.61 Å². The molecule has 0 amide bonds. The summed E-state index contributed by atoms with van der Waals surface area (Å²) in [5.41, 5.74) is 1.82. The number of ketones is 1. The number of benzene rings is 3. The molecule has 3 aromatic carbocycles. The smallest absolute Gasteiger partial charge is 0.159 e. The average molecular weight is 320 g/mol. The lowest BCUT2D eigenvalue weighted by molar-refractivity contribution is 0.101. The summed E-state index contributed by atoms with van der Waals surface area (Å²) in [5, 5.41) is 2.10. The minimum Gasteiger partial charge on any atom is -0.494 e. The van der Waals surface area contributed by atoms with E-state index in [9.17, 15) is 4.79 Å². The lowest BCUT2D eigenvalue weighted by Crippen LogP contribution is -1.96. The molecule has 0 saturated heterocycles. The molecule has 0 unspecified atom stereocenters. The van der Waals surface area contributed by atoms with E-state index in [4.69, 9.17) is 9.47 Å². The van der Waals surface area contributed by atoms with Crippen molar-refractivity contribution in [3.05, 3.63) is 71.8 Å². The molecule has 3 rings (SSSR count). The highest BCUT2D eigenvalue weighted by Gasteiger charge is 2.03. The van der Waals surface area contributed by atoms with Gasteiger partial charge in [0, 0.05) is 5.56 Å². The third-order valence-corrected chi connectivity index (χ3v) is 3.86. The van der Waals surface area contributed by atoms with E-state index in [0.717, 1.165) is 33.4 Å². The molecule has 0 aliphatic heterocycles. The molecule has 24 heavy (non-hydrogen) atoms. The van der Waals surface area contributed by atoms with Crippen molar-refractivity contribution in [1.82, 2.24) is 0 Å². The molecule has 0 N–H and O–H groups in total. The summed E-state index contributed by atoms with van der Waals surface area (Å²) in [6.45, 7) is 4.72. The van der Waals surface area contributed by atoms with Gasteiger partial charge >= 0.3 is 0 Å². The first-order valence-electron chi connectivity index (χ1n) is 8.05. The monoisotopic (exact) mass is 320 g/mol. The van der Waals surface area contributed by atoms with Gasteiger partial charge in [0.2, 0.25) is 0 Å². The fourth-order valence-electron chi connectivity index (χ4n) is 2.55. The SMILES string of the molecule is CCOc1ccc(COc2ccc3cc(C(C)=O)ccc3c2)cc1. The number of fused-ring (bicyclic) bond motifs is 1. The van der Waals surface area contributed by atoms with Crippen molar-refractivity contribution in [1.29, 1.82) is 0 Å². The van der Waals surface area contributed by atoms with E-state index in [0.29, 0.717) is 13.2 Å². The molecule has 0 spiro atoms. The first-order valence-corrected chi connectivity index (χ1v) is 8.05. The summed E-state index contributed by atoms with van der Waals surface area (Å²) in [6, 6.07) is 19.5. The standard InChI is InChI=1S/C21H20O3/c1-3-23-20-9-4-16(5-10-20)14-24-21-11-8-18-12-17(15(2)22)6-7-19(18)13-21/h4-13H,3,14H2,1-2H3. The second-order valence-electron chi connectivity index (χ2n) is 5.65. The second-order valence-corrected chi connectivity index (χ2v) is 5.65. The Morgan fingerprint density at radius 2 is 1.50 bits per heavy atom. The molecule has 3 heteroatoms. The molecular weight excluding hydrogens is 300 g/mol. The van der Waals surface area contributed by atoms with Gasteiger partial charge in [-0.25, -0.2) is 0 Å². The van der Waals surface area contributed by atoms with Crippen molar-refractivity contribution in [2.24, 2.45) is 0 Å². The second kappa shape index (κ2) is 7.18. The number of Topliss-reactive ketones (excluding diaryl/α,β-unsaturated/α-hetero) is 1. The number of rotatable bonds is 6. The predicted molar refractivity (Wildman–Crippen MR) is 95.9 cm³/mol. The van der Waals surface area contributed by atoms with E-state index >= 15 is 0 Å². The molecule has 122 valence electrons. The maximum Gasteiger partial charge on any atom is 0.159 e. The van der Waals surface area contributed by atoms with Gasteiger partial charge in [0.1, 0.15) is 18.1 Å². The summed E-state index contributed by atoms with van der Waals surface area (Å²) in [7, 11) is 0. The first-order chi connectivity index (χ1) is 11.7. The molecule has 3 aromatic rings. The lowest BCUT2D eigenvalue weighted by Gasteiger charge is -2.09. The van der Waals surface area contributed by atoms with Gasteiger partial charge in [0.05, 0.1) is 6.61 Å². The Bertz CT molecular complexity index is 851. The third kappa shape index (κ3) is 3.74. The zero-order valence-electron chi connectivity index (χ0n) is 13.9. The van der Waals surface area contributed by atoms with Gasteiger partial charge < -0.3 is 9.47 Å². The molecule has 0 atom stereocenters. The van der Waals surface area contributed by atoms with Gasteiger partial charge in [-0.15, -0.1) is 0 Å². The summed E-state index contributed by atoms with van der Waals surface area (Å²) in [4.78, 5) is 11.4. The van der Waals surface area contributed by atoms with Crippen molar-refractivity contribution in [3.63, 3.8) is 0 Å². The van der Waals surface area contributed by atoms with Crippen LogP contribution in [0, 0.1) is 0 Å². The zero-order valence-corrected chi connectivity index (χ0v) is 13.9. The highest BCUT2D eigenvalue weighted by atomic mass is 16.5. The Hall–Kier alpha value is -2.81. The fourth-order valence-corrected chi connectivity index (χ4v) is 2.55. The molecule has 0 saturated carbocycles. The third-order valence-electron chi connectivity index (χ3n) is 3.86. The largest absolute Gasteiger partial charge is 0.494 e. The maximum absolute atomic E-state index is 11.4. The van der Waals surface area contributed by atoms with Crippen LogP contribution in [0.3, 0.4) is 0 Å². The Labute approximate surface area is 141 Å². The van der Waals surface area contributed by atoms with Crippen molar-refractivity contribution >= 4 is 16.6 Å². The zero-order chi connectivity index (χ0) is 16.9. The van der Waals surface area contributed by atoms with Crippen LogP contribution in [0.5, 0.6) is 11.5 Å². The van der Waals surface area contributed by atoms with Crippen LogP contribution in [-0.4, -0.2) is 12.4 Å². The van der Waals surface area contributed by atoms with Crippen molar-refractivity contribution < 1.29 is 14.3 Å². The van der Waals surface area contributed by atoms with E-state index in [2.05, 4.69) is 0 Å². The predicted octanol–water partition coefficient (Wildman–Crippen LogP) is 5.02. The Morgan fingerprint density at radius 1 is 0.833 bits per heavy atom. The summed E-state index contributed by atoms with van der Waals surface area (Å²) in [6.07, 6.45) is 0. The van der Waals surface area contributed by atoms with Crippen LogP contribution in [0.2, 0.25) is 0 Å². The summed E-state index contributed by atoms with van der Waals surface area (Å²) in [5.74, 6) is 1.76. The van der Waals surface area contributed by atoms with Crippen molar-refractivity contribution in [3.8, 4) is 11.5 Å². The number of ether oxygens (including phenoxy) is 2. The molecule has 3 nitrogen and oxygen atoms in total. The fraction of sp³-hybridized carbons (Fsp3) is 0.190.